The molecule has 0 bridgehead atoms. The number of nitrogens with zero attached hydrogens (tertiary/aromatic N) is 1. The Labute approximate surface area is 113 Å². The molecule has 1 aliphatic rings. The second-order valence-corrected chi connectivity index (χ2v) is 6.17. The minimum Gasteiger partial charge on any atom is -0.314 e. The van der Waals surface area contributed by atoms with Crippen molar-refractivity contribution >= 4 is 15.9 Å². The Morgan fingerprint density at radius 1 is 1.24 bits per heavy atom. The van der Waals surface area contributed by atoms with Crippen LogP contribution in [0.1, 0.15) is 19.4 Å². The lowest BCUT2D eigenvalue weighted by molar-refractivity contribution is 0.103. The summed E-state index contributed by atoms with van der Waals surface area (Å²) in [6.45, 7) is 9.21. The van der Waals surface area contributed by atoms with Crippen molar-refractivity contribution in [3.05, 3.63) is 34.3 Å². The molecule has 1 fully saturated rings. The van der Waals surface area contributed by atoms with E-state index in [1.165, 1.54) is 10.0 Å². The van der Waals surface area contributed by atoms with Gasteiger partial charge in [-0.05, 0) is 31.9 Å². The first kappa shape index (κ1) is 13.1. The van der Waals surface area contributed by atoms with Crippen molar-refractivity contribution in [2.24, 2.45) is 0 Å². The van der Waals surface area contributed by atoms with Crippen LogP contribution in [0.2, 0.25) is 0 Å². The van der Waals surface area contributed by atoms with Gasteiger partial charge >= 0.3 is 0 Å². The maximum absolute atomic E-state index is 3.64. The standard InChI is InChI=1S/C14H21BrN2/c1-14(2,17-9-7-16-8-10-17)11-12-5-3-4-6-13(12)15/h3-6,16H,7-11H2,1-2H3. The van der Waals surface area contributed by atoms with Gasteiger partial charge in [-0.1, -0.05) is 34.1 Å². The summed E-state index contributed by atoms with van der Waals surface area (Å²) < 4.78 is 1.23. The zero-order valence-electron chi connectivity index (χ0n) is 10.7. The number of nitrogens with one attached hydrogen (secondary N) is 1. The molecule has 0 amide bonds. The Bertz CT molecular complexity index is 370. The molecule has 0 saturated carbocycles. The number of halogens is 1. The van der Waals surface area contributed by atoms with Crippen molar-refractivity contribution < 1.29 is 0 Å². The predicted octanol–water partition coefficient (Wildman–Crippen LogP) is 2.68. The molecule has 3 heteroatoms. The second kappa shape index (κ2) is 5.51. The first-order valence-corrected chi connectivity index (χ1v) is 7.08. The Hall–Kier alpha value is -0.380. The van der Waals surface area contributed by atoms with Crippen LogP contribution < -0.4 is 5.32 Å². The molecule has 2 nitrogen and oxygen atoms in total. The lowest BCUT2D eigenvalue weighted by Gasteiger charge is -2.41. The summed E-state index contributed by atoms with van der Waals surface area (Å²) in [5, 5.41) is 3.41. The first-order chi connectivity index (χ1) is 8.09. The molecule has 1 aliphatic heterocycles. The largest absolute Gasteiger partial charge is 0.314 e. The summed E-state index contributed by atoms with van der Waals surface area (Å²) in [6, 6.07) is 8.54. The van der Waals surface area contributed by atoms with Crippen LogP contribution in [0.5, 0.6) is 0 Å². The molecule has 2 rings (SSSR count). The number of rotatable bonds is 3. The summed E-state index contributed by atoms with van der Waals surface area (Å²) in [5.41, 5.74) is 1.63. The summed E-state index contributed by atoms with van der Waals surface area (Å²) in [5.74, 6) is 0. The fourth-order valence-corrected chi connectivity index (χ4v) is 2.91. The minimum atomic E-state index is 0.228. The van der Waals surface area contributed by atoms with Crippen LogP contribution in [0, 0.1) is 0 Å². The Morgan fingerprint density at radius 2 is 1.88 bits per heavy atom. The summed E-state index contributed by atoms with van der Waals surface area (Å²) >= 11 is 3.64. The third-order valence-electron chi connectivity index (χ3n) is 3.55. The van der Waals surface area contributed by atoms with Gasteiger partial charge in [-0.25, -0.2) is 0 Å². The zero-order chi connectivity index (χ0) is 12.3. The van der Waals surface area contributed by atoms with Crippen LogP contribution in [-0.2, 0) is 6.42 Å². The highest BCUT2D eigenvalue weighted by Gasteiger charge is 2.28. The second-order valence-electron chi connectivity index (χ2n) is 5.32. The molecule has 1 saturated heterocycles. The molecule has 0 unspecified atom stereocenters. The SMILES string of the molecule is CC(C)(Cc1ccccc1Br)N1CCNCC1. The van der Waals surface area contributed by atoms with Gasteiger partial charge in [-0.15, -0.1) is 0 Å². The summed E-state index contributed by atoms with van der Waals surface area (Å²) in [4.78, 5) is 2.59. The van der Waals surface area contributed by atoms with Crippen molar-refractivity contribution in [2.45, 2.75) is 25.8 Å². The fraction of sp³-hybridized carbons (Fsp3) is 0.571. The van der Waals surface area contributed by atoms with E-state index in [9.17, 15) is 0 Å². The number of benzene rings is 1. The van der Waals surface area contributed by atoms with Crippen LogP contribution in [0.25, 0.3) is 0 Å². The quantitative estimate of drug-likeness (QED) is 0.923. The van der Waals surface area contributed by atoms with Gasteiger partial charge in [0.05, 0.1) is 0 Å². The highest BCUT2D eigenvalue weighted by Crippen LogP contribution is 2.25. The van der Waals surface area contributed by atoms with E-state index < -0.39 is 0 Å². The molecule has 0 aromatic heterocycles. The van der Waals surface area contributed by atoms with Gasteiger partial charge in [-0.3, -0.25) is 4.90 Å². The van der Waals surface area contributed by atoms with E-state index in [4.69, 9.17) is 0 Å². The molecule has 0 spiro atoms. The highest BCUT2D eigenvalue weighted by atomic mass is 79.9. The van der Waals surface area contributed by atoms with Crippen LogP contribution in [0.3, 0.4) is 0 Å². The molecular formula is C14H21BrN2. The molecular weight excluding hydrogens is 276 g/mol. The van der Waals surface area contributed by atoms with E-state index >= 15 is 0 Å². The summed E-state index contributed by atoms with van der Waals surface area (Å²) in [6.07, 6.45) is 1.09. The topological polar surface area (TPSA) is 15.3 Å². The van der Waals surface area contributed by atoms with E-state index in [1.807, 2.05) is 0 Å². The van der Waals surface area contributed by atoms with Crippen molar-refractivity contribution in [3.63, 3.8) is 0 Å². The summed E-state index contributed by atoms with van der Waals surface area (Å²) in [7, 11) is 0. The minimum absolute atomic E-state index is 0.228. The van der Waals surface area contributed by atoms with Gasteiger partial charge in [0.1, 0.15) is 0 Å². The van der Waals surface area contributed by atoms with E-state index in [0.717, 1.165) is 32.6 Å². The molecule has 0 atom stereocenters. The van der Waals surface area contributed by atoms with E-state index in [0.29, 0.717) is 0 Å². The zero-order valence-corrected chi connectivity index (χ0v) is 12.3. The Kier molecular flexibility index (Phi) is 4.23. The monoisotopic (exact) mass is 296 g/mol. The molecule has 1 aromatic rings. The third kappa shape index (κ3) is 3.30. The molecule has 94 valence electrons. The Morgan fingerprint density at radius 3 is 2.53 bits per heavy atom. The van der Waals surface area contributed by atoms with Gasteiger partial charge in [0.25, 0.3) is 0 Å². The Balaban J connectivity index is 2.08. The van der Waals surface area contributed by atoms with E-state index in [-0.39, 0.29) is 5.54 Å². The molecule has 17 heavy (non-hydrogen) atoms. The smallest absolute Gasteiger partial charge is 0.0207 e. The molecule has 1 aromatic carbocycles. The predicted molar refractivity (Wildman–Crippen MR) is 76.4 cm³/mol. The van der Waals surface area contributed by atoms with Gasteiger partial charge in [0.15, 0.2) is 0 Å². The van der Waals surface area contributed by atoms with Gasteiger partial charge in [0.2, 0.25) is 0 Å². The molecule has 0 radical (unpaired) electrons. The molecule has 1 heterocycles. The molecule has 1 N–H and O–H groups in total. The lowest BCUT2D eigenvalue weighted by Crippen LogP contribution is -2.54. The fourth-order valence-electron chi connectivity index (χ4n) is 2.49. The van der Waals surface area contributed by atoms with E-state index in [1.54, 1.807) is 0 Å². The highest BCUT2D eigenvalue weighted by molar-refractivity contribution is 9.10. The van der Waals surface area contributed by atoms with Gasteiger partial charge in [-0.2, -0.15) is 0 Å². The van der Waals surface area contributed by atoms with Crippen LogP contribution in [-0.4, -0.2) is 36.6 Å². The number of piperazine rings is 1. The van der Waals surface area contributed by atoms with Crippen molar-refractivity contribution in [2.75, 3.05) is 26.2 Å². The van der Waals surface area contributed by atoms with Crippen LogP contribution in [0.4, 0.5) is 0 Å². The van der Waals surface area contributed by atoms with Crippen molar-refractivity contribution in [1.29, 1.82) is 0 Å². The maximum Gasteiger partial charge on any atom is 0.0207 e. The van der Waals surface area contributed by atoms with Crippen molar-refractivity contribution in [1.82, 2.24) is 10.2 Å². The van der Waals surface area contributed by atoms with Gasteiger partial charge < -0.3 is 5.32 Å². The normalized spacial score (nSPS) is 18.3. The average Bonchev–Trinajstić information content (AvgIpc) is 2.33. The third-order valence-corrected chi connectivity index (χ3v) is 4.33. The van der Waals surface area contributed by atoms with E-state index in [2.05, 4.69) is 64.3 Å². The van der Waals surface area contributed by atoms with Crippen LogP contribution >= 0.6 is 15.9 Å². The first-order valence-electron chi connectivity index (χ1n) is 6.29. The molecule has 0 aliphatic carbocycles. The van der Waals surface area contributed by atoms with Crippen molar-refractivity contribution in [3.8, 4) is 0 Å². The average molecular weight is 297 g/mol. The lowest BCUT2D eigenvalue weighted by atomic mass is 9.92. The number of hydrogen-bond acceptors (Lipinski definition) is 2. The number of hydrogen-bond donors (Lipinski definition) is 1. The maximum atomic E-state index is 3.64. The van der Waals surface area contributed by atoms with Crippen LogP contribution in [0.15, 0.2) is 28.7 Å². The van der Waals surface area contributed by atoms with Gasteiger partial charge in [0, 0.05) is 36.2 Å².